The van der Waals surface area contributed by atoms with Crippen LogP contribution in [0.4, 0.5) is 0 Å². The van der Waals surface area contributed by atoms with Crippen LogP contribution in [0.5, 0.6) is 0 Å². The van der Waals surface area contributed by atoms with Gasteiger partial charge < -0.3 is 4.43 Å². The van der Waals surface area contributed by atoms with Gasteiger partial charge in [-0.2, -0.15) is 0 Å². The molecule has 18 heavy (non-hydrogen) atoms. The average molecular weight is 267 g/mol. The minimum absolute atomic E-state index is 0.519. The molecule has 0 aromatic heterocycles. The van der Waals surface area contributed by atoms with E-state index in [4.69, 9.17) is 4.43 Å². The lowest BCUT2D eigenvalue weighted by atomic mass is 9.96. The molecular weight excluding hydrogens is 236 g/mol. The Morgan fingerprint density at radius 1 is 1.11 bits per heavy atom. The first-order valence-corrected chi connectivity index (χ1v) is 10.7. The maximum Gasteiger partial charge on any atom is 0.241 e. The Labute approximate surface area is 114 Å². The van der Waals surface area contributed by atoms with Gasteiger partial charge in [-0.15, -0.1) is 0 Å². The summed E-state index contributed by atoms with van der Waals surface area (Å²) < 4.78 is 6.38. The first kappa shape index (κ1) is 15.6. The summed E-state index contributed by atoms with van der Waals surface area (Å²) in [5.74, 6) is 3.23. The quantitative estimate of drug-likeness (QED) is 0.587. The molecule has 0 N–H and O–H groups in total. The van der Waals surface area contributed by atoms with Crippen molar-refractivity contribution in [3.8, 4) is 0 Å². The normalized spacial score (nSPS) is 20.4. The molecule has 0 radical (unpaired) electrons. The van der Waals surface area contributed by atoms with Crippen LogP contribution in [0.1, 0.15) is 40.5 Å². The van der Waals surface area contributed by atoms with Crippen molar-refractivity contribution in [1.29, 1.82) is 0 Å². The van der Waals surface area contributed by atoms with Gasteiger partial charge in [-0.1, -0.05) is 39.8 Å². The van der Waals surface area contributed by atoms with Crippen LogP contribution in [0.15, 0.2) is 23.5 Å². The minimum Gasteiger partial charge on any atom is -0.547 e. The van der Waals surface area contributed by atoms with Crippen LogP contribution in [-0.2, 0) is 4.43 Å². The van der Waals surface area contributed by atoms with Crippen molar-refractivity contribution in [2.75, 3.05) is 0 Å². The first-order valence-electron chi connectivity index (χ1n) is 7.29. The molecule has 104 valence electrons. The van der Waals surface area contributed by atoms with Gasteiger partial charge in [0, 0.05) is 5.92 Å². The van der Waals surface area contributed by atoms with Crippen molar-refractivity contribution in [2.24, 2.45) is 17.8 Å². The molecule has 0 saturated carbocycles. The van der Waals surface area contributed by atoms with Crippen molar-refractivity contribution >= 4 is 8.32 Å². The highest BCUT2D eigenvalue weighted by atomic mass is 28.4. The van der Waals surface area contributed by atoms with Crippen LogP contribution >= 0.6 is 0 Å². The lowest BCUT2D eigenvalue weighted by Gasteiger charge is -2.27. The van der Waals surface area contributed by atoms with E-state index < -0.39 is 8.32 Å². The van der Waals surface area contributed by atoms with Crippen molar-refractivity contribution in [3.05, 3.63) is 23.5 Å². The smallest absolute Gasteiger partial charge is 0.241 e. The summed E-state index contributed by atoms with van der Waals surface area (Å²) in [5.41, 5.74) is 1.44. The van der Waals surface area contributed by atoms with Crippen LogP contribution in [0, 0.1) is 17.8 Å². The van der Waals surface area contributed by atoms with Gasteiger partial charge in [0.15, 0.2) is 0 Å². The average Bonchev–Trinajstić information content (AvgIpc) is 2.46. The van der Waals surface area contributed by atoms with Gasteiger partial charge >= 0.3 is 0 Å². The Balaban J connectivity index is 2.88. The second-order valence-corrected chi connectivity index (χ2v) is 11.7. The molecule has 1 aliphatic rings. The molecule has 2 heteroatoms. The third-order valence-corrected chi connectivity index (χ3v) is 3.78. The molecule has 1 aliphatic carbocycles. The maximum absolute atomic E-state index is 6.38. The lowest BCUT2D eigenvalue weighted by Crippen LogP contribution is -2.27. The second kappa shape index (κ2) is 6.09. The fourth-order valence-corrected chi connectivity index (χ4v) is 3.36. The fourth-order valence-electron chi connectivity index (χ4n) is 2.41. The Morgan fingerprint density at radius 3 is 2.17 bits per heavy atom. The molecule has 1 atom stereocenters. The highest BCUT2D eigenvalue weighted by Gasteiger charge is 2.28. The van der Waals surface area contributed by atoms with Crippen LogP contribution < -0.4 is 0 Å². The van der Waals surface area contributed by atoms with E-state index in [9.17, 15) is 0 Å². The van der Waals surface area contributed by atoms with E-state index in [0.29, 0.717) is 11.8 Å². The number of allylic oxidation sites excluding steroid dienone is 3. The summed E-state index contributed by atoms with van der Waals surface area (Å²) in [7, 11) is -1.51. The Hall–Kier alpha value is -0.503. The number of hydrogen-bond acceptors (Lipinski definition) is 1. The van der Waals surface area contributed by atoms with Crippen molar-refractivity contribution < 1.29 is 4.43 Å². The highest BCUT2D eigenvalue weighted by Crippen LogP contribution is 2.35. The Bertz CT molecular complexity index is 331. The molecule has 0 heterocycles. The molecule has 0 aliphatic heterocycles. The molecule has 0 aromatic rings. The zero-order chi connectivity index (χ0) is 13.9. The topological polar surface area (TPSA) is 9.23 Å². The summed E-state index contributed by atoms with van der Waals surface area (Å²) in [4.78, 5) is 0. The van der Waals surface area contributed by atoms with Crippen molar-refractivity contribution in [1.82, 2.24) is 0 Å². The monoisotopic (exact) mass is 266 g/mol. The Morgan fingerprint density at radius 2 is 1.72 bits per heavy atom. The first-order chi connectivity index (χ1) is 8.19. The molecule has 0 amide bonds. The van der Waals surface area contributed by atoms with E-state index in [-0.39, 0.29) is 0 Å². The summed E-state index contributed by atoms with van der Waals surface area (Å²) >= 11 is 0. The van der Waals surface area contributed by atoms with Gasteiger partial charge in [-0.25, -0.2) is 0 Å². The molecular formula is C16H30OSi. The number of hydrogen-bond donors (Lipinski definition) is 0. The van der Waals surface area contributed by atoms with Crippen LogP contribution in [0.2, 0.25) is 19.6 Å². The van der Waals surface area contributed by atoms with E-state index in [1.54, 1.807) is 0 Å². The maximum atomic E-state index is 6.38. The lowest BCUT2D eigenvalue weighted by molar-refractivity contribution is 0.339. The van der Waals surface area contributed by atoms with Crippen LogP contribution in [0.25, 0.3) is 0 Å². The van der Waals surface area contributed by atoms with Gasteiger partial charge in [0.25, 0.3) is 0 Å². The zero-order valence-corrected chi connectivity index (χ0v) is 14.2. The third kappa shape index (κ3) is 5.01. The van der Waals surface area contributed by atoms with E-state index >= 15 is 0 Å². The van der Waals surface area contributed by atoms with Crippen LogP contribution in [0.3, 0.4) is 0 Å². The van der Waals surface area contributed by atoms with E-state index in [0.717, 1.165) is 12.3 Å². The number of rotatable bonds is 6. The summed E-state index contributed by atoms with van der Waals surface area (Å²) in [6, 6.07) is 0. The predicted octanol–water partition coefficient (Wildman–Crippen LogP) is 5.37. The zero-order valence-electron chi connectivity index (χ0n) is 13.2. The molecule has 1 nitrogen and oxygen atoms in total. The van der Waals surface area contributed by atoms with Crippen molar-refractivity contribution in [2.45, 2.75) is 60.2 Å². The molecule has 0 bridgehead atoms. The highest BCUT2D eigenvalue weighted by molar-refractivity contribution is 6.70. The third-order valence-electron chi connectivity index (χ3n) is 2.95. The van der Waals surface area contributed by atoms with E-state index in [1.807, 2.05) is 0 Å². The standard InChI is InChI=1S/C16H30OSi/c1-12(2)10-14-8-9-15(11-13(3)4)16(14)17-18(5,6)7/h8-9,12-14H,10-11H2,1-7H3. The fraction of sp³-hybridized carbons (Fsp3) is 0.750. The summed E-state index contributed by atoms with van der Waals surface area (Å²) in [6.45, 7) is 16.0. The molecule has 0 aromatic carbocycles. The SMILES string of the molecule is CC(C)CC1=C(O[Si](C)(C)C)C(CC(C)C)C=C1. The molecule has 1 rings (SSSR count). The van der Waals surface area contributed by atoms with Gasteiger partial charge in [0.1, 0.15) is 0 Å². The van der Waals surface area contributed by atoms with Gasteiger partial charge in [-0.3, -0.25) is 0 Å². The Kier molecular flexibility index (Phi) is 5.27. The molecule has 0 saturated heterocycles. The van der Waals surface area contributed by atoms with Gasteiger partial charge in [0.05, 0.1) is 5.76 Å². The second-order valence-electron chi connectivity index (χ2n) is 7.30. The van der Waals surface area contributed by atoms with Gasteiger partial charge in [-0.05, 0) is 49.9 Å². The van der Waals surface area contributed by atoms with E-state index in [1.165, 1.54) is 17.8 Å². The van der Waals surface area contributed by atoms with Gasteiger partial charge in [0.2, 0.25) is 8.32 Å². The van der Waals surface area contributed by atoms with E-state index in [2.05, 4.69) is 59.5 Å². The summed E-state index contributed by atoms with van der Waals surface area (Å²) in [5, 5.41) is 0. The van der Waals surface area contributed by atoms with Crippen molar-refractivity contribution in [3.63, 3.8) is 0 Å². The largest absolute Gasteiger partial charge is 0.547 e. The van der Waals surface area contributed by atoms with Crippen LogP contribution in [-0.4, -0.2) is 8.32 Å². The molecule has 0 fully saturated rings. The summed E-state index contributed by atoms with van der Waals surface area (Å²) in [6.07, 6.45) is 7.01. The minimum atomic E-state index is -1.51. The predicted molar refractivity (Wildman–Crippen MR) is 83.0 cm³/mol. The molecule has 1 unspecified atom stereocenters. The molecule has 0 spiro atoms.